The van der Waals surface area contributed by atoms with Crippen LogP contribution in [0.5, 0.6) is 0 Å². The molecule has 0 radical (unpaired) electrons. The lowest BCUT2D eigenvalue weighted by Gasteiger charge is -2.14. The fourth-order valence-electron chi connectivity index (χ4n) is 2.87. The minimum absolute atomic E-state index is 0.194. The Morgan fingerprint density at radius 3 is 2.65 bits per heavy atom. The van der Waals surface area contributed by atoms with Crippen molar-refractivity contribution in [3.8, 4) is 22.5 Å². The zero-order valence-corrected chi connectivity index (χ0v) is 14.3. The van der Waals surface area contributed by atoms with Crippen molar-refractivity contribution in [1.82, 2.24) is 0 Å². The van der Waals surface area contributed by atoms with Crippen molar-refractivity contribution in [1.29, 1.82) is 0 Å². The molecular formula is C21H19N2O3+. The Bertz CT molecular complexity index is 1170. The average Bonchev–Trinajstić information content (AvgIpc) is 2.59. The molecule has 0 unspecified atom stereocenters. The number of rotatable bonds is 3. The van der Waals surface area contributed by atoms with Crippen LogP contribution >= 0.6 is 0 Å². The van der Waals surface area contributed by atoms with Crippen molar-refractivity contribution in [2.24, 2.45) is 5.73 Å². The number of carboxylic acid groups (broad SMARTS) is 1. The molecule has 2 aliphatic rings. The minimum atomic E-state index is -1.01. The normalized spacial score (nSPS) is 12.5. The summed E-state index contributed by atoms with van der Waals surface area (Å²) in [5.74, 6) is -0.470. The van der Waals surface area contributed by atoms with Crippen LogP contribution in [0.1, 0.15) is 17.3 Å². The molecule has 130 valence electrons. The Balaban J connectivity index is 2.55. The number of fused-ring (bicyclic) bond motifs is 1. The van der Waals surface area contributed by atoms with Crippen LogP contribution in [0.15, 0.2) is 58.7 Å². The number of hydrogen-bond acceptors (Lipinski definition) is 3. The molecule has 5 N–H and O–H groups in total. The predicted molar refractivity (Wildman–Crippen MR) is 100.0 cm³/mol. The molecule has 0 saturated carbocycles. The van der Waals surface area contributed by atoms with Gasteiger partial charge in [0.2, 0.25) is 0 Å². The van der Waals surface area contributed by atoms with Crippen LogP contribution in [0.3, 0.4) is 0 Å². The third-order valence-electron chi connectivity index (χ3n) is 4.02. The summed E-state index contributed by atoms with van der Waals surface area (Å²) in [7, 11) is 0. The molecule has 3 rings (SSSR count). The average molecular weight is 347 g/mol. The van der Waals surface area contributed by atoms with E-state index in [2.05, 4.69) is 6.58 Å². The van der Waals surface area contributed by atoms with Crippen molar-refractivity contribution in [3.05, 3.63) is 75.8 Å². The van der Waals surface area contributed by atoms with Gasteiger partial charge in [-0.2, -0.15) is 0 Å². The van der Waals surface area contributed by atoms with E-state index in [1.807, 2.05) is 6.07 Å². The van der Waals surface area contributed by atoms with E-state index in [0.29, 0.717) is 38.6 Å². The molecule has 0 bridgehead atoms. The second-order valence-electron chi connectivity index (χ2n) is 6.00. The standard InChI is InChI=1S/C21H18N2O3/c1-12(22)7-9-15-13(2)26-19-11-14(23)8-10-18(19)20(15)16-5-3-4-6-17(16)21(24)25/h3-11,23H,2,22H2,1H3,(H,24,25)/p+1. The largest absolute Gasteiger partial charge is 0.478 e. The summed E-state index contributed by atoms with van der Waals surface area (Å²) < 4.78 is 5.83. The van der Waals surface area contributed by atoms with Gasteiger partial charge in [0.05, 0.1) is 11.6 Å². The number of allylic oxidation sites excluding steroid dienone is 2. The fourth-order valence-corrected chi connectivity index (χ4v) is 2.87. The molecule has 0 atom stereocenters. The zero-order valence-electron chi connectivity index (χ0n) is 14.3. The van der Waals surface area contributed by atoms with Crippen molar-refractivity contribution in [2.75, 3.05) is 0 Å². The monoisotopic (exact) mass is 347 g/mol. The first kappa shape index (κ1) is 17.2. The lowest BCUT2D eigenvalue weighted by atomic mass is 9.92. The van der Waals surface area contributed by atoms with Crippen molar-refractivity contribution >= 4 is 18.6 Å². The van der Waals surface area contributed by atoms with Crippen molar-refractivity contribution in [3.63, 3.8) is 0 Å². The lowest BCUT2D eigenvalue weighted by molar-refractivity contribution is -0.172. The van der Waals surface area contributed by atoms with Crippen LogP contribution in [-0.2, 0) is 0 Å². The minimum Gasteiger partial charge on any atom is -0.478 e. The lowest BCUT2D eigenvalue weighted by Crippen LogP contribution is -2.44. The van der Waals surface area contributed by atoms with Crippen LogP contribution in [0.4, 0.5) is 0 Å². The van der Waals surface area contributed by atoms with Gasteiger partial charge >= 0.3 is 5.97 Å². The van der Waals surface area contributed by atoms with Gasteiger partial charge in [-0.3, -0.25) is 5.41 Å². The number of benzene rings is 2. The molecule has 26 heavy (non-hydrogen) atoms. The van der Waals surface area contributed by atoms with E-state index in [0.717, 1.165) is 5.56 Å². The number of carboxylic acids is 1. The fraction of sp³-hybridized carbons (Fsp3) is 0.0476. The Morgan fingerprint density at radius 2 is 1.96 bits per heavy atom. The highest BCUT2D eigenvalue weighted by molar-refractivity contribution is 5.98. The number of hydrogen-bond donors (Lipinski definition) is 3. The summed E-state index contributed by atoms with van der Waals surface area (Å²) in [4.78, 5) is 11.7. The van der Waals surface area contributed by atoms with Gasteiger partial charge < -0.3 is 15.3 Å². The van der Waals surface area contributed by atoms with E-state index in [-0.39, 0.29) is 5.56 Å². The Hall–Kier alpha value is -3.60. The molecule has 1 heterocycles. The van der Waals surface area contributed by atoms with E-state index in [1.54, 1.807) is 55.5 Å². The molecule has 0 spiro atoms. The first-order valence-electron chi connectivity index (χ1n) is 7.99. The number of aromatic carboxylic acids is 1. The van der Waals surface area contributed by atoms with Crippen LogP contribution in [0, 0.1) is 0 Å². The SMILES string of the molecule is C=c1oc2cc(=[NH2+])ccc-2c(-c2ccccc2C(=O)O)c1=CC=C(C)N. The molecule has 1 aliphatic heterocycles. The third kappa shape index (κ3) is 3.15. The molecule has 0 aromatic heterocycles. The second kappa shape index (κ2) is 6.72. The molecule has 0 amide bonds. The van der Waals surface area contributed by atoms with Crippen LogP contribution in [0.25, 0.3) is 35.1 Å². The molecule has 1 aromatic carbocycles. The Morgan fingerprint density at radius 1 is 1.23 bits per heavy atom. The number of nitrogens with two attached hydrogens (primary N) is 2. The molecule has 0 saturated heterocycles. The molecule has 5 heteroatoms. The van der Waals surface area contributed by atoms with Gasteiger partial charge in [0.1, 0.15) is 11.2 Å². The summed E-state index contributed by atoms with van der Waals surface area (Å²) in [5, 5.41) is 16.7. The first-order valence-corrected chi connectivity index (χ1v) is 7.99. The maximum atomic E-state index is 11.7. The highest BCUT2D eigenvalue weighted by Crippen LogP contribution is 2.30. The van der Waals surface area contributed by atoms with Crippen LogP contribution in [0.2, 0.25) is 0 Å². The van der Waals surface area contributed by atoms with Gasteiger partial charge in [-0.05, 0) is 36.8 Å². The van der Waals surface area contributed by atoms with Crippen molar-refractivity contribution < 1.29 is 19.7 Å². The summed E-state index contributed by atoms with van der Waals surface area (Å²) >= 11 is 0. The molecule has 5 nitrogen and oxygen atoms in total. The summed E-state index contributed by atoms with van der Waals surface area (Å²) in [6, 6.07) is 12.1. The highest BCUT2D eigenvalue weighted by atomic mass is 16.4. The van der Waals surface area contributed by atoms with Gasteiger partial charge in [-0.15, -0.1) is 0 Å². The maximum absolute atomic E-state index is 11.7. The highest BCUT2D eigenvalue weighted by Gasteiger charge is 2.19. The van der Waals surface area contributed by atoms with Gasteiger partial charge in [0.15, 0.2) is 5.36 Å². The van der Waals surface area contributed by atoms with Gasteiger partial charge in [-0.1, -0.05) is 24.8 Å². The van der Waals surface area contributed by atoms with Gasteiger partial charge in [-0.25, -0.2) is 4.79 Å². The molecule has 1 aliphatic carbocycles. The topological polar surface area (TPSA) is 102 Å². The quantitative estimate of drug-likeness (QED) is 0.641. The smallest absolute Gasteiger partial charge is 0.336 e. The molecular weight excluding hydrogens is 328 g/mol. The van der Waals surface area contributed by atoms with E-state index < -0.39 is 5.97 Å². The van der Waals surface area contributed by atoms with Gasteiger partial charge in [0, 0.05) is 28.1 Å². The van der Waals surface area contributed by atoms with E-state index in [4.69, 9.17) is 15.6 Å². The summed E-state index contributed by atoms with van der Waals surface area (Å²) in [6.45, 7) is 5.75. The molecule has 1 aromatic rings. The van der Waals surface area contributed by atoms with Gasteiger partial charge in [0.25, 0.3) is 0 Å². The maximum Gasteiger partial charge on any atom is 0.336 e. The predicted octanol–water partition coefficient (Wildman–Crippen LogP) is 0.463. The summed E-state index contributed by atoms with van der Waals surface area (Å²) in [6.07, 6.45) is 3.51. The second-order valence-corrected chi connectivity index (χ2v) is 6.00. The Labute approximate surface area is 149 Å². The third-order valence-corrected chi connectivity index (χ3v) is 4.02. The zero-order chi connectivity index (χ0) is 18.8. The van der Waals surface area contributed by atoms with E-state index in [9.17, 15) is 9.90 Å². The van der Waals surface area contributed by atoms with E-state index >= 15 is 0 Å². The molecule has 0 fully saturated rings. The summed E-state index contributed by atoms with van der Waals surface area (Å²) in [5.41, 5.74) is 8.99. The van der Waals surface area contributed by atoms with Crippen molar-refractivity contribution in [2.45, 2.75) is 6.92 Å². The van der Waals surface area contributed by atoms with E-state index in [1.165, 1.54) is 0 Å². The Kier molecular flexibility index (Phi) is 4.45. The first-order chi connectivity index (χ1) is 12.4. The number of carbonyl (C=O) groups is 1. The van der Waals surface area contributed by atoms with Crippen LogP contribution in [-0.4, -0.2) is 11.1 Å². The van der Waals surface area contributed by atoms with Crippen LogP contribution < -0.4 is 27.1 Å².